The number of carbonyl (C=O) groups excluding carboxylic acids is 1. The van der Waals surface area contributed by atoms with Crippen molar-refractivity contribution in [1.82, 2.24) is 9.97 Å². The van der Waals surface area contributed by atoms with E-state index < -0.39 is 0 Å². The van der Waals surface area contributed by atoms with E-state index in [1.807, 2.05) is 12.1 Å². The molecule has 3 heteroatoms. The van der Waals surface area contributed by atoms with Gasteiger partial charge in [-0.05, 0) is 24.6 Å². The van der Waals surface area contributed by atoms with Gasteiger partial charge in [-0.3, -0.25) is 4.79 Å². The molecular formula is C11H12N2O. The number of fused-ring (bicyclic) bond motifs is 1. The number of nitrogens with zero attached hydrogens (tertiary/aromatic N) is 1. The normalized spacial score (nSPS) is 10.6. The maximum Gasteiger partial charge on any atom is 0.150 e. The molecule has 0 aliphatic heterocycles. The number of imidazole rings is 1. The minimum atomic E-state index is 0.684. The van der Waals surface area contributed by atoms with Gasteiger partial charge in [-0.25, -0.2) is 4.98 Å². The quantitative estimate of drug-likeness (QED) is 0.751. The predicted octanol–water partition coefficient (Wildman–Crippen LogP) is 2.33. The molecule has 3 nitrogen and oxygen atoms in total. The van der Waals surface area contributed by atoms with Crippen LogP contribution in [0.25, 0.3) is 11.0 Å². The van der Waals surface area contributed by atoms with Crippen molar-refractivity contribution in [3.8, 4) is 0 Å². The minimum absolute atomic E-state index is 0.684. The van der Waals surface area contributed by atoms with E-state index in [2.05, 4.69) is 16.9 Å². The highest BCUT2D eigenvalue weighted by Gasteiger charge is 2.02. The Morgan fingerprint density at radius 2 is 2.36 bits per heavy atom. The molecule has 0 spiro atoms. The van der Waals surface area contributed by atoms with Crippen LogP contribution in [0.1, 0.15) is 29.5 Å². The molecule has 2 rings (SSSR count). The summed E-state index contributed by atoms with van der Waals surface area (Å²) < 4.78 is 0. The Morgan fingerprint density at radius 1 is 1.50 bits per heavy atom. The smallest absolute Gasteiger partial charge is 0.150 e. The first-order valence-electron chi connectivity index (χ1n) is 4.77. The van der Waals surface area contributed by atoms with Crippen LogP contribution in [-0.4, -0.2) is 16.3 Å². The summed E-state index contributed by atoms with van der Waals surface area (Å²) in [4.78, 5) is 18.2. The molecule has 0 aliphatic carbocycles. The number of hydrogen-bond donors (Lipinski definition) is 1. The van der Waals surface area contributed by atoms with Crippen LogP contribution < -0.4 is 0 Å². The van der Waals surface area contributed by atoms with Gasteiger partial charge in [0.25, 0.3) is 0 Å². The van der Waals surface area contributed by atoms with Crippen LogP contribution in [0.4, 0.5) is 0 Å². The summed E-state index contributed by atoms with van der Waals surface area (Å²) in [5.41, 5.74) is 2.56. The van der Waals surface area contributed by atoms with Crippen LogP contribution in [0.15, 0.2) is 18.2 Å². The molecule has 0 unspecified atom stereocenters. The van der Waals surface area contributed by atoms with Crippen LogP contribution in [0, 0.1) is 0 Å². The van der Waals surface area contributed by atoms with Crippen molar-refractivity contribution in [1.29, 1.82) is 0 Å². The number of H-pyrrole nitrogens is 1. The standard InChI is InChI=1S/C11H12N2O/c1-2-3-11-12-9-5-4-8(7-14)6-10(9)13-11/h4-7H,2-3H2,1H3,(H,12,13). The van der Waals surface area contributed by atoms with Gasteiger partial charge >= 0.3 is 0 Å². The monoisotopic (exact) mass is 188 g/mol. The van der Waals surface area contributed by atoms with Gasteiger partial charge in [0.15, 0.2) is 0 Å². The number of nitrogens with one attached hydrogen (secondary N) is 1. The first-order chi connectivity index (χ1) is 6.83. The van der Waals surface area contributed by atoms with Gasteiger partial charge in [-0.15, -0.1) is 0 Å². The third-order valence-corrected chi connectivity index (χ3v) is 2.18. The molecule has 0 saturated carbocycles. The van der Waals surface area contributed by atoms with Crippen molar-refractivity contribution >= 4 is 17.3 Å². The van der Waals surface area contributed by atoms with E-state index in [0.29, 0.717) is 5.56 Å². The zero-order valence-electron chi connectivity index (χ0n) is 8.08. The SMILES string of the molecule is CCCc1nc2ccc(C=O)cc2[nH]1. The van der Waals surface area contributed by atoms with Gasteiger partial charge in [0, 0.05) is 12.0 Å². The molecule has 0 amide bonds. The van der Waals surface area contributed by atoms with E-state index in [-0.39, 0.29) is 0 Å². The van der Waals surface area contributed by atoms with Gasteiger partial charge in [-0.2, -0.15) is 0 Å². The number of rotatable bonds is 3. The van der Waals surface area contributed by atoms with E-state index in [1.54, 1.807) is 6.07 Å². The first-order valence-corrected chi connectivity index (χ1v) is 4.77. The number of hydrogen-bond acceptors (Lipinski definition) is 2. The van der Waals surface area contributed by atoms with Crippen molar-refractivity contribution < 1.29 is 4.79 Å². The molecule has 1 N–H and O–H groups in total. The van der Waals surface area contributed by atoms with Crippen LogP contribution in [-0.2, 0) is 6.42 Å². The molecule has 0 radical (unpaired) electrons. The highest BCUT2D eigenvalue weighted by atomic mass is 16.1. The van der Waals surface area contributed by atoms with E-state index in [0.717, 1.165) is 36.0 Å². The number of carbonyl (C=O) groups is 1. The number of benzene rings is 1. The largest absolute Gasteiger partial charge is 0.342 e. The van der Waals surface area contributed by atoms with E-state index in [9.17, 15) is 4.79 Å². The fraction of sp³-hybridized carbons (Fsp3) is 0.273. The second kappa shape index (κ2) is 3.62. The lowest BCUT2D eigenvalue weighted by atomic mass is 10.2. The van der Waals surface area contributed by atoms with E-state index in [1.165, 1.54) is 0 Å². The lowest BCUT2D eigenvalue weighted by molar-refractivity contribution is 0.112. The average Bonchev–Trinajstić information content (AvgIpc) is 2.59. The molecule has 1 aromatic heterocycles. The van der Waals surface area contributed by atoms with Crippen LogP contribution >= 0.6 is 0 Å². The van der Waals surface area contributed by atoms with E-state index >= 15 is 0 Å². The zero-order chi connectivity index (χ0) is 9.97. The first kappa shape index (κ1) is 8.94. The average molecular weight is 188 g/mol. The summed E-state index contributed by atoms with van der Waals surface area (Å²) in [5.74, 6) is 0.991. The summed E-state index contributed by atoms with van der Waals surface area (Å²) in [6, 6.07) is 5.48. The summed E-state index contributed by atoms with van der Waals surface area (Å²) >= 11 is 0. The summed E-state index contributed by atoms with van der Waals surface area (Å²) in [7, 11) is 0. The van der Waals surface area contributed by atoms with Crippen molar-refractivity contribution in [2.75, 3.05) is 0 Å². The molecule has 72 valence electrons. The minimum Gasteiger partial charge on any atom is -0.342 e. The fourth-order valence-electron chi connectivity index (χ4n) is 1.51. The Balaban J connectivity index is 2.48. The Kier molecular flexibility index (Phi) is 2.31. The van der Waals surface area contributed by atoms with Gasteiger partial charge < -0.3 is 4.98 Å². The molecule has 0 atom stereocenters. The van der Waals surface area contributed by atoms with Crippen molar-refractivity contribution in [3.05, 3.63) is 29.6 Å². The summed E-state index contributed by atoms with van der Waals surface area (Å²) in [6.07, 6.45) is 2.87. The maximum absolute atomic E-state index is 10.5. The summed E-state index contributed by atoms with van der Waals surface area (Å²) in [6.45, 7) is 2.12. The molecule has 0 fully saturated rings. The fourth-order valence-corrected chi connectivity index (χ4v) is 1.51. The van der Waals surface area contributed by atoms with Crippen molar-refractivity contribution in [3.63, 3.8) is 0 Å². The van der Waals surface area contributed by atoms with Crippen LogP contribution in [0.2, 0.25) is 0 Å². The topological polar surface area (TPSA) is 45.8 Å². The third kappa shape index (κ3) is 1.53. The van der Waals surface area contributed by atoms with Gasteiger partial charge in [0.2, 0.25) is 0 Å². The third-order valence-electron chi connectivity index (χ3n) is 2.18. The lowest BCUT2D eigenvalue weighted by Gasteiger charge is -1.88. The van der Waals surface area contributed by atoms with Crippen LogP contribution in [0.3, 0.4) is 0 Å². The molecule has 0 saturated heterocycles. The van der Waals surface area contributed by atoms with Crippen molar-refractivity contribution in [2.24, 2.45) is 0 Å². The Bertz CT molecular complexity index is 459. The van der Waals surface area contributed by atoms with Crippen molar-refractivity contribution in [2.45, 2.75) is 19.8 Å². The molecule has 0 aliphatic rings. The number of aromatic amines is 1. The second-order valence-electron chi connectivity index (χ2n) is 3.33. The highest BCUT2D eigenvalue weighted by molar-refractivity contribution is 5.84. The molecule has 14 heavy (non-hydrogen) atoms. The van der Waals surface area contributed by atoms with Gasteiger partial charge in [0.1, 0.15) is 12.1 Å². The Hall–Kier alpha value is -1.64. The van der Waals surface area contributed by atoms with Gasteiger partial charge in [-0.1, -0.05) is 6.92 Å². The molecule has 1 heterocycles. The van der Waals surface area contributed by atoms with Crippen LogP contribution in [0.5, 0.6) is 0 Å². The zero-order valence-corrected chi connectivity index (χ0v) is 8.08. The van der Waals surface area contributed by atoms with E-state index in [4.69, 9.17) is 0 Å². The molecule has 1 aromatic carbocycles. The number of aryl methyl sites for hydroxylation is 1. The predicted molar refractivity (Wildman–Crippen MR) is 55.5 cm³/mol. The second-order valence-corrected chi connectivity index (χ2v) is 3.33. The summed E-state index contributed by atoms with van der Waals surface area (Å²) in [5, 5.41) is 0. The molecule has 0 bridgehead atoms. The number of aromatic nitrogens is 2. The lowest BCUT2D eigenvalue weighted by Crippen LogP contribution is -1.83. The highest BCUT2D eigenvalue weighted by Crippen LogP contribution is 2.13. The number of aldehydes is 1. The molecular weight excluding hydrogens is 176 g/mol. The Morgan fingerprint density at radius 3 is 3.07 bits per heavy atom. The maximum atomic E-state index is 10.5. The Labute approximate surface area is 82.2 Å². The van der Waals surface area contributed by atoms with Gasteiger partial charge in [0.05, 0.1) is 11.0 Å². The molecule has 2 aromatic rings.